The van der Waals surface area contributed by atoms with Crippen molar-refractivity contribution in [1.29, 1.82) is 0 Å². The Balaban J connectivity index is 2.11. The van der Waals surface area contributed by atoms with E-state index in [4.69, 9.17) is 9.47 Å². The van der Waals surface area contributed by atoms with Crippen LogP contribution in [-0.4, -0.2) is 38.8 Å². The molecular formula is C15H21NO2. The van der Waals surface area contributed by atoms with E-state index in [1.807, 2.05) is 18.2 Å². The topological polar surface area (TPSA) is 21.7 Å². The summed E-state index contributed by atoms with van der Waals surface area (Å²) in [5, 5.41) is 0. The molecule has 2 rings (SSSR count). The van der Waals surface area contributed by atoms with Crippen LogP contribution in [-0.2, 0) is 0 Å². The maximum absolute atomic E-state index is 5.30. The average Bonchev–Trinajstić information content (AvgIpc) is 2.81. The molecule has 0 bridgehead atoms. The molecule has 3 heteroatoms. The van der Waals surface area contributed by atoms with Crippen molar-refractivity contribution in [1.82, 2.24) is 4.90 Å². The van der Waals surface area contributed by atoms with E-state index in [1.165, 1.54) is 19.4 Å². The molecule has 0 saturated carbocycles. The molecule has 0 amide bonds. The second kappa shape index (κ2) is 5.91. The highest BCUT2D eigenvalue weighted by Crippen LogP contribution is 2.28. The lowest BCUT2D eigenvalue weighted by atomic mass is 10.1. The highest BCUT2D eigenvalue weighted by atomic mass is 16.5. The van der Waals surface area contributed by atoms with Crippen molar-refractivity contribution >= 4 is 6.08 Å². The van der Waals surface area contributed by atoms with Gasteiger partial charge in [-0.3, -0.25) is 4.90 Å². The van der Waals surface area contributed by atoms with Crippen molar-refractivity contribution < 1.29 is 9.47 Å². The minimum absolute atomic E-state index is 0.568. The number of rotatable bonds is 4. The van der Waals surface area contributed by atoms with Gasteiger partial charge in [0.05, 0.1) is 14.2 Å². The van der Waals surface area contributed by atoms with Gasteiger partial charge in [0.2, 0.25) is 0 Å². The van der Waals surface area contributed by atoms with E-state index in [1.54, 1.807) is 14.2 Å². The van der Waals surface area contributed by atoms with Crippen LogP contribution in [0.1, 0.15) is 18.4 Å². The highest BCUT2D eigenvalue weighted by Gasteiger charge is 2.17. The molecule has 1 saturated heterocycles. The Morgan fingerprint density at radius 3 is 2.61 bits per heavy atom. The first kappa shape index (κ1) is 13.0. The van der Waals surface area contributed by atoms with Gasteiger partial charge < -0.3 is 9.47 Å². The number of likely N-dealkylation sites (N-methyl/N-ethyl adjacent to an activating group) is 1. The second-order valence-electron chi connectivity index (χ2n) is 4.66. The third kappa shape index (κ3) is 2.85. The molecule has 1 aromatic rings. The van der Waals surface area contributed by atoms with Crippen molar-refractivity contribution in [3.05, 3.63) is 29.8 Å². The van der Waals surface area contributed by atoms with E-state index < -0.39 is 0 Å². The van der Waals surface area contributed by atoms with Crippen molar-refractivity contribution in [3.63, 3.8) is 0 Å². The molecule has 98 valence electrons. The van der Waals surface area contributed by atoms with Crippen molar-refractivity contribution in [2.75, 3.05) is 27.8 Å². The number of nitrogens with zero attached hydrogens (tertiary/aromatic N) is 1. The van der Waals surface area contributed by atoms with Gasteiger partial charge in [-0.15, -0.1) is 0 Å². The summed E-state index contributed by atoms with van der Waals surface area (Å²) in [5.41, 5.74) is 1.15. The Kier molecular flexibility index (Phi) is 4.26. The van der Waals surface area contributed by atoms with Crippen molar-refractivity contribution in [3.8, 4) is 11.5 Å². The number of likely N-dealkylation sites (tertiary alicyclic amines) is 1. The van der Waals surface area contributed by atoms with Crippen molar-refractivity contribution in [2.24, 2.45) is 0 Å². The van der Waals surface area contributed by atoms with Gasteiger partial charge in [-0.1, -0.05) is 18.2 Å². The lowest BCUT2D eigenvalue weighted by molar-refractivity contribution is 0.354. The van der Waals surface area contributed by atoms with Crippen LogP contribution in [0.15, 0.2) is 24.3 Å². The van der Waals surface area contributed by atoms with E-state index in [0.717, 1.165) is 17.1 Å². The molecule has 1 aliphatic rings. The standard InChI is InChI=1S/C15H21NO2/c1-16-10-4-5-13(16)8-6-12-7-9-14(17-2)15(11-12)18-3/h6-9,11,13H,4-5,10H2,1-3H3/b8-6+/t13-/m0/s1. The van der Waals surface area contributed by atoms with Crippen LogP contribution in [0.5, 0.6) is 11.5 Å². The first-order chi connectivity index (χ1) is 8.74. The molecule has 0 N–H and O–H groups in total. The number of methoxy groups -OCH3 is 2. The fraction of sp³-hybridized carbons (Fsp3) is 0.467. The summed E-state index contributed by atoms with van der Waals surface area (Å²) in [4.78, 5) is 2.39. The zero-order chi connectivity index (χ0) is 13.0. The molecule has 1 aliphatic heterocycles. The fourth-order valence-corrected chi connectivity index (χ4v) is 2.36. The third-order valence-electron chi connectivity index (χ3n) is 3.50. The van der Waals surface area contributed by atoms with Crippen molar-refractivity contribution in [2.45, 2.75) is 18.9 Å². The summed E-state index contributed by atoms with van der Waals surface area (Å²) in [5.74, 6) is 1.55. The molecule has 0 aliphatic carbocycles. The van der Waals surface area contributed by atoms with Crippen LogP contribution in [0, 0.1) is 0 Å². The van der Waals surface area contributed by atoms with Gasteiger partial charge in [0.25, 0.3) is 0 Å². The summed E-state index contributed by atoms with van der Waals surface area (Å²) in [6.45, 7) is 1.20. The van der Waals surface area contributed by atoms with Gasteiger partial charge >= 0.3 is 0 Å². The summed E-state index contributed by atoms with van der Waals surface area (Å²) in [6.07, 6.45) is 6.97. The van der Waals surface area contributed by atoms with Gasteiger partial charge in [-0.05, 0) is 44.1 Å². The molecule has 3 nitrogen and oxygen atoms in total. The number of hydrogen-bond acceptors (Lipinski definition) is 3. The molecule has 0 spiro atoms. The van der Waals surface area contributed by atoms with E-state index in [2.05, 4.69) is 24.1 Å². The van der Waals surface area contributed by atoms with Crippen LogP contribution in [0.2, 0.25) is 0 Å². The Morgan fingerprint density at radius 2 is 2.00 bits per heavy atom. The SMILES string of the molecule is COc1ccc(/C=C/[C@@H]2CCCN2C)cc1OC. The molecular weight excluding hydrogens is 226 g/mol. The lowest BCUT2D eigenvalue weighted by Crippen LogP contribution is -2.22. The Bertz CT molecular complexity index is 429. The molecule has 1 aromatic carbocycles. The van der Waals surface area contributed by atoms with Crippen LogP contribution < -0.4 is 9.47 Å². The molecule has 1 fully saturated rings. The van der Waals surface area contributed by atoms with Crippen LogP contribution in [0.4, 0.5) is 0 Å². The minimum atomic E-state index is 0.568. The van der Waals surface area contributed by atoms with E-state index >= 15 is 0 Å². The maximum atomic E-state index is 5.30. The Labute approximate surface area is 109 Å². The largest absolute Gasteiger partial charge is 0.493 e. The molecule has 0 aromatic heterocycles. The van der Waals surface area contributed by atoms with Gasteiger partial charge in [0.15, 0.2) is 11.5 Å². The van der Waals surface area contributed by atoms with Crippen LogP contribution in [0.25, 0.3) is 6.08 Å². The van der Waals surface area contributed by atoms with E-state index in [-0.39, 0.29) is 0 Å². The second-order valence-corrected chi connectivity index (χ2v) is 4.66. The van der Waals surface area contributed by atoms with Gasteiger partial charge in [-0.2, -0.15) is 0 Å². The molecule has 18 heavy (non-hydrogen) atoms. The number of hydrogen-bond donors (Lipinski definition) is 0. The third-order valence-corrected chi connectivity index (χ3v) is 3.50. The van der Waals surface area contributed by atoms with Gasteiger partial charge in [0, 0.05) is 6.04 Å². The van der Waals surface area contributed by atoms with Crippen LogP contribution in [0.3, 0.4) is 0 Å². The first-order valence-corrected chi connectivity index (χ1v) is 6.35. The average molecular weight is 247 g/mol. The first-order valence-electron chi connectivity index (χ1n) is 6.35. The zero-order valence-corrected chi connectivity index (χ0v) is 11.3. The van der Waals surface area contributed by atoms with Gasteiger partial charge in [0.1, 0.15) is 0 Å². The maximum Gasteiger partial charge on any atom is 0.161 e. The minimum Gasteiger partial charge on any atom is -0.493 e. The lowest BCUT2D eigenvalue weighted by Gasteiger charge is -2.15. The molecule has 1 heterocycles. The summed E-state index contributed by atoms with van der Waals surface area (Å²) >= 11 is 0. The molecule has 1 atom stereocenters. The number of ether oxygens (including phenoxy) is 2. The van der Waals surface area contributed by atoms with E-state index in [0.29, 0.717) is 6.04 Å². The number of benzene rings is 1. The predicted molar refractivity (Wildman–Crippen MR) is 74.2 cm³/mol. The highest BCUT2D eigenvalue weighted by molar-refractivity contribution is 5.56. The molecule has 0 radical (unpaired) electrons. The zero-order valence-electron chi connectivity index (χ0n) is 11.3. The quantitative estimate of drug-likeness (QED) is 0.816. The smallest absolute Gasteiger partial charge is 0.161 e. The predicted octanol–water partition coefficient (Wildman–Crippen LogP) is 2.81. The monoisotopic (exact) mass is 247 g/mol. The molecule has 0 unspecified atom stereocenters. The summed E-state index contributed by atoms with van der Waals surface area (Å²) in [7, 11) is 5.49. The van der Waals surface area contributed by atoms with E-state index in [9.17, 15) is 0 Å². The fourth-order valence-electron chi connectivity index (χ4n) is 2.36. The van der Waals surface area contributed by atoms with Gasteiger partial charge in [-0.25, -0.2) is 0 Å². The Hall–Kier alpha value is -1.48. The Morgan fingerprint density at radius 1 is 1.22 bits per heavy atom. The normalized spacial score (nSPS) is 20.5. The summed E-state index contributed by atoms with van der Waals surface area (Å²) < 4.78 is 10.5. The summed E-state index contributed by atoms with van der Waals surface area (Å²) in [6, 6.07) is 6.56. The van der Waals surface area contributed by atoms with Crippen LogP contribution >= 0.6 is 0 Å².